The first kappa shape index (κ1) is 8.37. The standard InChI is InChI=1S/C8H5BrN2O2/c9-4-1-5-8(10-3-4)6(12)2-7(13)11-5/h1,3H,2H2,(H,11,13). The van der Waals surface area contributed by atoms with E-state index in [2.05, 4.69) is 26.2 Å². The van der Waals surface area contributed by atoms with E-state index >= 15 is 0 Å². The van der Waals surface area contributed by atoms with Gasteiger partial charge in [0.15, 0.2) is 5.78 Å². The van der Waals surface area contributed by atoms with Gasteiger partial charge in [-0.15, -0.1) is 0 Å². The smallest absolute Gasteiger partial charge is 0.232 e. The number of halogens is 1. The van der Waals surface area contributed by atoms with Crippen molar-refractivity contribution >= 4 is 33.3 Å². The van der Waals surface area contributed by atoms with Crippen LogP contribution in [0.25, 0.3) is 0 Å². The van der Waals surface area contributed by atoms with E-state index < -0.39 is 0 Å². The number of ketones is 1. The molecule has 0 atom stereocenters. The van der Waals surface area contributed by atoms with Crippen molar-refractivity contribution in [2.75, 3.05) is 5.32 Å². The minimum absolute atomic E-state index is 0.109. The SMILES string of the molecule is O=C1CC(=O)c2ncc(Br)cc2N1. The van der Waals surface area contributed by atoms with E-state index in [9.17, 15) is 9.59 Å². The van der Waals surface area contributed by atoms with Crippen LogP contribution in [0.3, 0.4) is 0 Å². The highest BCUT2D eigenvalue weighted by Gasteiger charge is 2.23. The Kier molecular flexibility index (Phi) is 1.88. The molecule has 0 radical (unpaired) electrons. The van der Waals surface area contributed by atoms with Crippen LogP contribution in [0, 0.1) is 0 Å². The first-order valence-corrected chi connectivity index (χ1v) is 4.45. The summed E-state index contributed by atoms with van der Waals surface area (Å²) in [6.45, 7) is 0. The molecule has 0 saturated carbocycles. The van der Waals surface area contributed by atoms with Crippen molar-refractivity contribution in [1.29, 1.82) is 0 Å². The number of rotatable bonds is 0. The van der Waals surface area contributed by atoms with E-state index in [-0.39, 0.29) is 18.1 Å². The maximum absolute atomic E-state index is 11.3. The predicted molar refractivity (Wildman–Crippen MR) is 49.5 cm³/mol. The fourth-order valence-corrected chi connectivity index (χ4v) is 1.51. The number of fused-ring (bicyclic) bond motifs is 1. The summed E-state index contributed by atoms with van der Waals surface area (Å²) in [5.74, 6) is -0.511. The number of anilines is 1. The second kappa shape index (κ2) is 2.92. The molecule has 66 valence electrons. The van der Waals surface area contributed by atoms with E-state index in [1.807, 2.05) is 0 Å². The zero-order chi connectivity index (χ0) is 9.42. The number of nitrogens with zero attached hydrogens (tertiary/aromatic N) is 1. The number of pyridine rings is 1. The Hall–Kier alpha value is -1.23. The molecule has 0 aromatic carbocycles. The molecule has 0 bridgehead atoms. The molecule has 1 aliphatic rings. The van der Waals surface area contributed by atoms with Crippen LogP contribution in [0.1, 0.15) is 16.9 Å². The molecule has 1 N–H and O–H groups in total. The van der Waals surface area contributed by atoms with Crippen LogP contribution in [-0.4, -0.2) is 16.7 Å². The van der Waals surface area contributed by atoms with Gasteiger partial charge in [-0.25, -0.2) is 4.98 Å². The Morgan fingerprint density at radius 1 is 1.46 bits per heavy atom. The first-order valence-electron chi connectivity index (χ1n) is 3.65. The quantitative estimate of drug-likeness (QED) is 0.698. The molecule has 1 aliphatic heterocycles. The number of nitrogens with one attached hydrogen (secondary N) is 1. The van der Waals surface area contributed by atoms with Gasteiger partial charge >= 0.3 is 0 Å². The highest BCUT2D eigenvalue weighted by molar-refractivity contribution is 9.10. The number of hydrogen-bond donors (Lipinski definition) is 1. The molecular formula is C8H5BrN2O2. The van der Waals surface area contributed by atoms with Crippen molar-refractivity contribution in [2.45, 2.75) is 6.42 Å². The fourth-order valence-electron chi connectivity index (χ4n) is 1.18. The highest BCUT2D eigenvalue weighted by atomic mass is 79.9. The third-order valence-corrected chi connectivity index (χ3v) is 2.15. The van der Waals surface area contributed by atoms with Crippen LogP contribution in [0.5, 0.6) is 0 Å². The van der Waals surface area contributed by atoms with Gasteiger partial charge in [-0.1, -0.05) is 0 Å². The molecule has 0 saturated heterocycles. The lowest BCUT2D eigenvalue weighted by Crippen LogP contribution is -2.24. The summed E-state index contributed by atoms with van der Waals surface area (Å²) in [5.41, 5.74) is 0.818. The van der Waals surface area contributed by atoms with Gasteiger partial charge in [0.1, 0.15) is 5.69 Å². The highest BCUT2D eigenvalue weighted by Crippen LogP contribution is 2.23. The fraction of sp³-hybridized carbons (Fsp3) is 0.125. The van der Waals surface area contributed by atoms with Crippen molar-refractivity contribution in [3.05, 3.63) is 22.4 Å². The average Bonchev–Trinajstić information content (AvgIpc) is 2.02. The summed E-state index contributed by atoms with van der Waals surface area (Å²) in [5, 5.41) is 2.58. The van der Waals surface area contributed by atoms with Crippen molar-refractivity contribution in [3.8, 4) is 0 Å². The Labute approximate surface area is 82.5 Å². The van der Waals surface area contributed by atoms with E-state index in [0.29, 0.717) is 11.4 Å². The van der Waals surface area contributed by atoms with Crippen LogP contribution in [0.4, 0.5) is 5.69 Å². The minimum atomic E-state index is -0.280. The number of carbonyl (C=O) groups excluding carboxylic acids is 2. The lowest BCUT2D eigenvalue weighted by atomic mass is 10.1. The summed E-state index contributed by atoms with van der Waals surface area (Å²) >= 11 is 3.21. The van der Waals surface area contributed by atoms with Crippen molar-refractivity contribution in [3.63, 3.8) is 0 Å². The molecule has 2 heterocycles. The summed E-state index contributed by atoms with van der Waals surface area (Å²) < 4.78 is 0.737. The van der Waals surface area contributed by atoms with Gasteiger partial charge in [0, 0.05) is 10.7 Å². The number of amides is 1. The monoisotopic (exact) mass is 240 g/mol. The van der Waals surface area contributed by atoms with Gasteiger partial charge in [0.2, 0.25) is 5.91 Å². The summed E-state index contributed by atoms with van der Waals surface area (Å²) in [6, 6.07) is 1.66. The van der Waals surface area contributed by atoms with Crippen LogP contribution < -0.4 is 5.32 Å². The third-order valence-electron chi connectivity index (χ3n) is 1.71. The summed E-state index contributed by atoms with van der Waals surface area (Å²) in [4.78, 5) is 26.2. The lowest BCUT2D eigenvalue weighted by Gasteiger charge is -2.14. The van der Waals surface area contributed by atoms with E-state index in [1.54, 1.807) is 6.07 Å². The average molecular weight is 241 g/mol. The molecule has 1 aromatic heterocycles. The molecule has 0 aliphatic carbocycles. The molecule has 2 rings (SSSR count). The van der Waals surface area contributed by atoms with Gasteiger partial charge in [-0.3, -0.25) is 9.59 Å². The second-order valence-corrected chi connectivity index (χ2v) is 3.61. The Morgan fingerprint density at radius 2 is 2.23 bits per heavy atom. The van der Waals surface area contributed by atoms with Gasteiger partial charge in [0.05, 0.1) is 12.1 Å². The Bertz CT molecular complexity index is 403. The Morgan fingerprint density at radius 3 is 3.00 bits per heavy atom. The topological polar surface area (TPSA) is 59.1 Å². The molecule has 13 heavy (non-hydrogen) atoms. The Balaban J connectivity index is 2.55. The van der Waals surface area contributed by atoms with Crippen molar-refractivity contribution in [2.24, 2.45) is 0 Å². The van der Waals surface area contributed by atoms with Crippen LogP contribution in [0.15, 0.2) is 16.7 Å². The zero-order valence-electron chi connectivity index (χ0n) is 6.50. The molecule has 1 amide bonds. The minimum Gasteiger partial charge on any atom is -0.324 e. The normalized spacial score (nSPS) is 15.2. The van der Waals surface area contributed by atoms with Crippen LogP contribution in [-0.2, 0) is 4.79 Å². The van der Waals surface area contributed by atoms with Crippen LogP contribution >= 0.6 is 15.9 Å². The molecule has 1 aromatic rings. The number of carbonyl (C=O) groups is 2. The molecule has 0 unspecified atom stereocenters. The first-order chi connectivity index (χ1) is 6.16. The molecule has 0 fully saturated rings. The van der Waals surface area contributed by atoms with Crippen molar-refractivity contribution < 1.29 is 9.59 Å². The zero-order valence-corrected chi connectivity index (χ0v) is 8.09. The van der Waals surface area contributed by atoms with E-state index in [4.69, 9.17) is 0 Å². The van der Waals surface area contributed by atoms with E-state index in [0.717, 1.165) is 4.47 Å². The number of hydrogen-bond acceptors (Lipinski definition) is 3. The van der Waals surface area contributed by atoms with Gasteiger partial charge in [-0.05, 0) is 22.0 Å². The van der Waals surface area contributed by atoms with Gasteiger partial charge in [-0.2, -0.15) is 0 Å². The maximum atomic E-state index is 11.3. The number of Topliss-reactive ketones (excluding diaryl/α,β-unsaturated/α-hetero) is 1. The predicted octanol–water partition coefficient (Wildman–Crippen LogP) is 1.37. The molecular weight excluding hydrogens is 236 g/mol. The van der Waals surface area contributed by atoms with Gasteiger partial charge < -0.3 is 5.32 Å². The van der Waals surface area contributed by atoms with Crippen LogP contribution in [0.2, 0.25) is 0 Å². The number of aromatic nitrogens is 1. The lowest BCUT2D eigenvalue weighted by molar-refractivity contribution is -0.115. The third kappa shape index (κ3) is 1.47. The van der Waals surface area contributed by atoms with Gasteiger partial charge in [0.25, 0.3) is 0 Å². The molecule has 5 heteroatoms. The summed E-state index contributed by atoms with van der Waals surface area (Å²) in [6.07, 6.45) is 1.43. The maximum Gasteiger partial charge on any atom is 0.232 e. The largest absolute Gasteiger partial charge is 0.324 e. The van der Waals surface area contributed by atoms with Crippen molar-refractivity contribution in [1.82, 2.24) is 4.98 Å². The summed E-state index contributed by atoms with van der Waals surface area (Å²) in [7, 11) is 0. The molecule has 0 spiro atoms. The molecule has 4 nitrogen and oxygen atoms in total. The second-order valence-electron chi connectivity index (χ2n) is 2.70. The van der Waals surface area contributed by atoms with E-state index in [1.165, 1.54) is 6.20 Å².